The average molecular weight is 470 g/mol. The molecule has 0 bridgehead atoms. The lowest BCUT2D eigenvalue weighted by Crippen LogP contribution is -2.47. The van der Waals surface area contributed by atoms with Gasteiger partial charge in [-0.1, -0.05) is 29.8 Å². The van der Waals surface area contributed by atoms with Crippen molar-refractivity contribution in [2.24, 2.45) is 0 Å². The number of thiazole rings is 1. The summed E-state index contributed by atoms with van der Waals surface area (Å²) in [5.74, 6) is -0.896. The van der Waals surface area contributed by atoms with Gasteiger partial charge in [0.1, 0.15) is 5.01 Å². The minimum atomic E-state index is -0.929. The number of ketones is 1. The summed E-state index contributed by atoms with van der Waals surface area (Å²) in [4.78, 5) is 31.6. The van der Waals surface area contributed by atoms with Crippen molar-refractivity contribution in [3.63, 3.8) is 0 Å². The molecule has 2 heterocycles. The van der Waals surface area contributed by atoms with Crippen LogP contribution in [-0.2, 0) is 0 Å². The van der Waals surface area contributed by atoms with E-state index in [0.29, 0.717) is 9.90 Å². The Morgan fingerprint density at radius 1 is 1.25 bits per heavy atom. The number of anilines is 1. The smallest absolute Gasteiger partial charge is 0.335 e. The van der Waals surface area contributed by atoms with Gasteiger partial charge in [-0.15, -0.1) is 11.3 Å². The number of nitrogens with zero attached hydrogens (tertiary/aromatic N) is 2. The molecule has 3 aromatic rings. The maximum absolute atomic E-state index is 12.9. The molecule has 0 aliphatic carbocycles. The summed E-state index contributed by atoms with van der Waals surface area (Å²) >= 11 is 7.37. The predicted octanol–water partition coefficient (Wildman–Crippen LogP) is 4.91. The number of benzene rings is 2. The van der Waals surface area contributed by atoms with Crippen LogP contribution in [0.15, 0.2) is 48.5 Å². The third-order valence-corrected chi connectivity index (χ3v) is 7.07. The van der Waals surface area contributed by atoms with Crippen molar-refractivity contribution in [3.8, 4) is 10.6 Å². The lowest BCUT2D eigenvalue weighted by molar-refractivity contribution is 0.0696. The zero-order valence-corrected chi connectivity index (χ0v) is 19.2. The number of aromatic carboxylic acids is 1. The molecule has 1 saturated heterocycles. The molecule has 1 atom stereocenters. The Bertz CT molecular complexity index is 1130. The first-order chi connectivity index (χ1) is 15.4. The number of carboxylic acid groups (broad SMARTS) is 1. The second kappa shape index (κ2) is 9.81. The van der Waals surface area contributed by atoms with Crippen LogP contribution in [0.2, 0.25) is 5.02 Å². The van der Waals surface area contributed by atoms with Crippen molar-refractivity contribution in [3.05, 3.63) is 69.7 Å². The van der Waals surface area contributed by atoms with Gasteiger partial charge in [0, 0.05) is 35.4 Å². The van der Waals surface area contributed by atoms with Crippen LogP contribution in [0, 0.1) is 6.92 Å². The van der Waals surface area contributed by atoms with E-state index in [1.54, 1.807) is 18.2 Å². The van der Waals surface area contributed by atoms with E-state index in [9.17, 15) is 14.7 Å². The number of hydrogen-bond donors (Lipinski definition) is 2. The largest absolute Gasteiger partial charge is 0.478 e. The maximum atomic E-state index is 12.9. The molecule has 0 radical (unpaired) electrons. The predicted molar refractivity (Wildman–Crippen MR) is 128 cm³/mol. The number of rotatable bonds is 7. The second-order valence-electron chi connectivity index (χ2n) is 7.89. The standard InChI is InChI=1S/C24H24ClN3O3S/c1-15-22(32-23(27-15)16-7-9-18(25)10-8-16)21(29)13-26-19-5-3-11-28(14-19)20-6-2-4-17(12-20)24(30)31/h2,4,6-10,12,19,26H,3,5,11,13-14H2,1H3,(H,30,31). The quantitative estimate of drug-likeness (QED) is 0.478. The van der Waals surface area contributed by atoms with Crippen LogP contribution >= 0.6 is 22.9 Å². The van der Waals surface area contributed by atoms with Gasteiger partial charge in [-0.3, -0.25) is 4.79 Å². The molecule has 1 unspecified atom stereocenters. The zero-order valence-electron chi connectivity index (χ0n) is 17.7. The van der Waals surface area contributed by atoms with Crippen LogP contribution in [-0.4, -0.2) is 47.5 Å². The number of piperidine rings is 1. The van der Waals surface area contributed by atoms with E-state index >= 15 is 0 Å². The van der Waals surface area contributed by atoms with Gasteiger partial charge < -0.3 is 15.3 Å². The molecule has 2 N–H and O–H groups in total. The molecule has 2 aromatic carbocycles. The molecular formula is C24H24ClN3O3S. The van der Waals surface area contributed by atoms with Gasteiger partial charge in [0.2, 0.25) is 0 Å². The number of aromatic nitrogens is 1. The first-order valence-electron chi connectivity index (χ1n) is 10.5. The lowest BCUT2D eigenvalue weighted by atomic mass is 10.0. The van der Waals surface area contributed by atoms with Gasteiger partial charge in [0.25, 0.3) is 0 Å². The normalized spacial score (nSPS) is 16.2. The summed E-state index contributed by atoms with van der Waals surface area (Å²) in [6.07, 6.45) is 1.95. The summed E-state index contributed by atoms with van der Waals surface area (Å²) in [5.41, 5.74) is 2.86. The number of carboxylic acids is 1. The fourth-order valence-electron chi connectivity index (χ4n) is 3.90. The molecule has 6 nitrogen and oxygen atoms in total. The lowest BCUT2D eigenvalue weighted by Gasteiger charge is -2.35. The van der Waals surface area contributed by atoms with Crippen LogP contribution in [0.1, 0.15) is 38.6 Å². The van der Waals surface area contributed by atoms with Crippen molar-refractivity contribution >= 4 is 40.4 Å². The molecule has 32 heavy (non-hydrogen) atoms. The van der Waals surface area contributed by atoms with Crippen LogP contribution < -0.4 is 10.2 Å². The van der Waals surface area contributed by atoms with E-state index in [4.69, 9.17) is 11.6 Å². The van der Waals surface area contributed by atoms with Gasteiger partial charge in [0.05, 0.1) is 22.7 Å². The molecule has 166 valence electrons. The Morgan fingerprint density at radius 3 is 2.78 bits per heavy atom. The number of Topliss-reactive ketones (excluding diaryl/α,β-unsaturated/α-hetero) is 1. The van der Waals surface area contributed by atoms with Crippen molar-refractivity contribution in [2.45, 2.75) is 25.8 Å². The molecule has 0 saturated carbocycles. The summed E-state index contributed by atoms with van der Waals surface area (Å²) in [6, 6.07) is 14.6. The van der Waals surface area contributed by atoms with Crippen molar-refractivity contribution in [2.75, 3.05) is 24.5 Å². The van der Waals surface area contributed by atoms with E-state index in [0.717, 1.165) is 47.9 Å². The highest BCUT2D eigenvalue weighted by Gasteiger charge is 2.23. The molecule has 8 heteroatoms. The highest BCUT2D eigenvalue weighted by atomic mass is 35.5. The molecule has 1 aliphatic heterocycles. The molecule has 1 aromatic heterocycles. The Kier molecular flexibility index (Phi) is 6.89. The summed E-state index contributed by atoms with van der Waals surface area (Å²) in [6.45, 7) is 3.71. The third-order valence-electron chi connectivity index (χ3n) is 5.57. The van der Waals surface area contributed by atoms with Crippen LogP contribution in [0.5, 0.6) is 0 Å². The third kappa shape index (κ3) is 5.18. The fraction of sp³-hybridized carbons (Fsp3) is 0.292. The highest BCUT2D eigenvalue weighted by molar-refractivity contribution is 7.17. The molecule has 0 amide bonds. The van der Waals surface area contributed by atoms with Crippen LogP contribution in [0.4, 0.5) is 5.69 Å². The summed E-state index contributed by atoms with van der Waals surface area (Å²) < 4.78 is 0. The Hall–Kier alpha value is -2.74. The van der Waals surface area contributed by atoms with E-state index < -0.39 is 5.97 Å². The highest BCUT2D eigenvalue weighted by Crippen LogP contribution is 2.29. The Labute approximate surface area is 195 Å². The van der Waals surface area contributed by atoms with Gasteiger partial charge in [-0.05, 0) is 50.1 Å². The first kappa shape index (κ1) is 22.5. The van der Waals surface area contributed by atoms with Gasteiger partial charge in [-0.25, -0.2) is 9.78 Å². The number of carbonyl (C=O) groups is 2. The monoisotopic (exact) mass is 469 g/mol. The van der Waals surface area contributed by atoms with Crippen molar-refractivity contribution in [1.29, 1.82) is 0 Å². The maximum Gasteiger partial charge on any atom is 0.335 e. The van der Waals surface area contributed by atoms with Gasteiger partial charge in [0.15, 0.2) is 5.78 Å². The zero-order chi connectivity index (χ0) is 22.7. The van der Waals surface area contributed by atoms with Gasteiger partial charge in [-0.2, -0.15) is 0 Å². The molecule has 1 fully saturated rings. The van der Waals surface area contributed by atoms with Crippen molar-refractivity contribution < 1.29 is 14.7 Å². The van der Waals surface area contributed by atoms with Gasteiger partial charge >= 0.3 is 5.97 Å². The molecule has 1 aliphatic rings. The Balaban J connectivity index is 1.38. The molecule has 4 rings (SSSR count). The summed E-state index contributed by atoms with van der Waals surface area (Å²) in [5, 5.41) is 14.1. The second-order valence-corrected chi connectivity index (χ2v) is 9.32. The van der Waals surface area contributed by atoms with E-state index in [2.05, 4.69) is 15.2 Å². The first-order valence-corrected chi connectivity index (χ1v) is 11.7. The molecular weight excluding hydrogens is 446 g/mol. The molecule has 0 spiro atoms. The Morgan fingerprint density at radius 2 is 2.03 bits per heavy atom. The summed E-state index contributed by atoms with van der Waals surface area (Å²) in [7, 11) is 0. The van der Waals surface area contributed by atoms with Crippen molar-refractivity contribution in [1.82, 2.24) is 10.3 Å². The van der Waals surface area contributed by atoms with E-state index in [1.165, 1.54) is 11.3 Å². The minimum absolute atomic E-state index is 0.0326. The van der Waals surface area contributed by atoms with Crippen LogP contribution in [0.3, 0.4) is 0 Å². The number of aryl methyl sites for hydroxylation is 1. The number of nitrogens with one attached hydrogen (secondary N) is 1. The topological polar surface area (TPSA) is 82.5 Å². The average Bonchev–Trinajstić information content (AvgIpc) is 3.20. The number of halogens is 1. The number of carbonyl (C=O) groups excluding carboxylic acids is 1. The van der Waals surface area contributed by atoms with E-state index in [-0.39, 0.29) is 23.9 Å². The number of hydrogen-bond acceptors (Lipinski definition) is 6. The van der Waals surface area contributed by atoms with E-state index in [1.807, 2.05) is 37.3 Å². The van der Waals surface area contributed by atoms with Crippen LogP contribution in [0.25, 0.3) is 10.6 Å². The SMILES string of the molecule is Cc1nc(-c2ccc(Cl)cc2)sc1C(=O)CNC1CCCN(c2cccc(C(=O)O)c2)C1. The minimum Gasteiger partial charge on any atom is -0.478 e. The fourth-order valence-corrected chi connectivity index (χ4v) is 5.04.